The van der Waals surface area contributed by atoms with E-state index in [2.05, 4.69) is 4.98 Å². The Morgan fingerprint density at radius 1 is 1.27 bits per heavy atom. The van der Waals surface area contributed by atoms with Crippen molar-refractivity contribution in [2.75, 3.05) is 0 Å². The number of carbonyl (C=O) groups excluding carboxylic acids is 1. The van der Waals surface area contributed by atoms with Crippen LogP contribution in [-0.2, 0) is 0 Å². The van der Waals surface area contributed by atoms with Crippen LogP contribution in [0.5, 0.6) is 0 Å². The number of hydrogen-bond donors (Lipinski definition) is 1. The van der Waals surface area contributed by atoms with Crippen molar-refractivity contribution in [3.63, 3.8) is 0 Å². The number of aromatic nitrogens is 1. The second-order valence-electron chi connectivity index (χ2n) is 2.82. The first-order valence-electron chi connectivity index (χ1n) is 3.77. The maximum Gasteiger partial charge on any atom is 1.00 e. The molecule has 0 amide bonds. The zero-order chi connectivity index (χ0) is 10.3. The van der Waals surface area contributed by atoms with E-state index in [1.54, 1.807) is 12.1 Å². The quantitative estimate of drug-likeness (QED) is 0.651. The standard InChI is InChI=1S/C9H5Cl2NO2.Na/c10-4-1-6(11)5-3-8(9(13)14)12-7(5)2-4;/h1-3,12H,(H,13,14);/q;+1/p-1. The van der Waals surface area contributed by atoms with E-state index < -0.39 is 5.97 Å². The number of carbonyl (C=O) groups is 1. The van der Waals surface area contributed by atoms with Crippen molar-refractivity contribution in [1.82, 2.24) is 4.98 Å². The second-order valence-corrected chi connectivity index (χ2v) is 3.66. The first-order valence-corrected chi connectivity index (χ1v) is 4.52. The number of H-pyrrole nitrogens is 1. The van der Waals surface area contributed by atoms with Gasteiger partial charge in [0.05, 0.1) is 16.7 Å². The fourth-order valence-corrected chi connectivity index (χ4v) is 1.82. The third-order valence-electron chi connectivity index (χ3n) is 1.87. The Kier molecular flexibility index (Phi) is 4.09. The van der Waals surface area contributed by atoms with E-state index in [0.717, 1.165) is 0 Å². The van der Waals surface area contributed by atoms with Crippen molar-refractivity contribution in [1.29, 1.82) is 0 Å². The molecule has 0 unspecified atom stereocenters. The van der Waals surface area contributed by atoms with E-state index in [9.17, 15) is 9.90 Å². The number of aromatic carboxylic acids is 1. The summed E-state index contributed by atoms with van der Waals surface area (Å²) >= 11 is 11.6. The van der Waals surface area contributed by atoms with Gasteiger partial charge in [-0.2, -0.15) is 0 Å². The molecular weight excluding hydrogens is 248 g/mol. The summed E-state index contributed by atoms with van der Waals surface area (Å²) < 4.78 is 0. The molecule has 0 radical (unpaired) electrons. The molecule has 0 aliphatic heterocycles. The predicted molar refractivity (Wildman–Crippen MR) is 52.6 cm³/mol. The summed E-state index contributed by atoms with van der Waals surface area (Å²) in [5.74, 6) is -1.27. The zero-order valence-electron chi connectivity index (χ0n) is 7.80. The van der Waals surface area contributed by atoms with E-state index >= 15 is 0 Å². The van der Waals surface area contributed by atoms with Crippen molar-refractivity contribution in [2.45, 2.75) is 0 Å². The minimum Gasteiger partial charge on any atom is -0.543 e. The number of carboxylic acids is 1. The fraction of sp³-hybridized carbons (Fsp3) is 0. The molecule has 0 fully saturated rings. The summed E-state index contributed by atoms with van der Waals surface area (Å²) in [4.78, 5) is 13.2. The second kappa shape index (κ2) is 4.76. The Hall–Kier alpha value is -0.190. The van der Waals surface area contributed by atoms with E-state index in [1.165, 1.54) is 6.07 Å². The minimum atomic E-state index is -1.27. The number of carboxylic acid groups (broad SMARTS) is 1. The molecule has 0 aliphatic carbocycles. The molecule has 72 valence electrons. The smallest absolute Gasteiger partial charge is 0.543 e. The van der Waals surface area contributed by atoms with Gasteiger partial charge in [-0.25, -0.2) is 0 Å². The molecule has 0 bridgehead atoms. The zero-order valence-corrected chi connectivity index (χ0v) is 11.3. The largest absolute Gasteiger partial charge is 1.00 e. The summed E-state index contributed by atoms with van der Waals surface area (Å²) in [5.41, 5.74) is 0.575. The topological polar surface area (TPSA) is 55.9 Å². The van der Waals surface area contributed by atoms with Gasteiger partial charge in [-0.1, -0.05) is 23.2 Å². The van der Waals surface area contributed by atoms with Crippen molar-refractivity contribution in [2.24, 2.45) is 0 Å². The van der Waals surface area contributed by atoms with Crippen LogP contribution in [0.4, 0.5) is 0 Å². The summed E-state index contributed by atoms with van der Waals surface area (Å²) in [5, 5.41) is 12.0. The van der Waals surface area contributed by atoms with Gasteiger partial charge in [0.25, 0.3) is 0 Å². The van der Waals surface area contributed by atoms with Gasteiger partial charge in [-0.3, -0.25) is 0 Å². The Labute approximate surface area is 118 Å². The summed E-state index contributed by atoms with van der Waals surface area (Å²) in [7, 11) is 0. The van der Waals surface area contributed by atoms with E-state index in [4.69, 9.17) is 23.2 Å². The fourth-order valence-electron chi connectivity index (χ4n) is 1.27. The van der Waals surface area contributed by atoms with E-state index in [0.29, 0.717) is 20.9 Å². The molecule has 2 rings (SSSR count). The number of rotatable bonds is 1. The normalized spacial score (nSPS) is 10.0. The van der Waals surface area contributed by atoms with E-state index in [1.807, 2.05) is 0 Å². The molecular formula is C9H4Cl2NNaO2. The number of halogens is 2. The number of nitrogens with one attached hydrogen (secondary N) is 1. The van der Waals surface area contributed by atoms with Gasteiger partial charge in [-0.05, 0) is 18.2 Å². The Morgan fingerprint density at radius 3 is 2.53 bits per heavy atom. The van der Waals surface area contributed by atoms with Crippen LogP contribution >= 0.6 is 23.2 Å². The number of aromatic amines is 1. The molecule has 3 nitrogen and oxygen atoms in total. The molecule has 0 saturated carbocycles. The minimum absolute atomic E-state index is 0. The first kappa shape index (κ1) is 12.9. The van der Waals surface area contributed by atoms with Crippen molar-refractivity contribution in [3.8, 4) is 0 Å². The van der Waals surface area contributed by atoms with Gasteiger partial charge in [-0.15, -0.1) is 0 Å². The molecule has 0 saturated heterocycles. The van der Waals surface area contributed by atoms with Crippen molar-refractivity contribution < 1.29 is 39.5 Å². The molecule has 0 spiro atoms. The molecule has 1 heterocycles. The summed E-state index contributed by atoms with van der Waals surface area (Å²) in [6.45, 7) is 0. The van der Waals surface area contributed by atoms with Gasteiger partial charge in [0, 0.05) is 15.9 Å². The van der Waals surface area contributed by atoms with Gasteiger partial charge in [0.1, 0.15) is 0 Å². The van der Waals surface area contributed by atoms with Crippen LogP contribution in [0.3, 0.4) is 0 Å². The third-order valence-corrected chi connectivity index (χ3v) is 2.40. The van der Waals surface area contributed by atoms with Crippen LogP contribution in [0, 0.1) is 0 Å². The number of benzene rings is 1. The first-order chi connectivity index (χ1) is 6.58. The monoisotopic (exact) mass is 251 g/mol. The number of fused-ring (bicyclic) bond motifs is 1. The van der Waals surface area contributed by atoms with Gasteiger partial charge in [0.15, 0.2) is 0 Å². The third kappa shape index (κ3) is 2.49. The van der Waals surface area contributed by atoms with Gasteiger partial charge >= 0.3 is 29.6 Å². The van der Waals surface area contributed by atoms with E-state index in [-0.39, 0.29) is 35.3 Å². The maximum atomic E-state index is 10.5. The molecule has 0 aliphatic rings. The van der Waals surface area contributed by atoms with Crippen LogP contribution in [0.15, 0.2) is 18.2 Å². The van der Waals surface area contributed by atoms with Crippen molar-refractivity contribution >= 4 is 40.1 Å². The van der Waals surface area contributed by atoms with Crippen LogP contribution in [0.2, 0.25) is 10.0 Å². The number of hydrogen-bond acceptors (Lipinski definition) is 2. The summed E-state index contributed by atoms with van der Waals surface area (Å²) in [6, 6.07) is 4.58. The van der Waals surface area contributed by atoms with Gasteiger partial charge in [0.2, 0.25) is 0 Å². The Balaban J connectivity index is 0.00000112. The molecule has 0 atom stereocenters. The van der Waals surface area contributed by atoms with Crippen molar-refractivity contribution in [3.05, 3.63) is 33.9 Å². The summed E-state index contributed by atoms with van der Waals surface area (Å²) in [6.07, 6.45) is 0. The average Bonchev–Trinajstić information content (AvgIpc) is 2.47. The molecule has 6 heteroatoms. The van der Waals surface area contributed by atoms with Gasteiger partial charge < -0.3 is 14.9 Å². The average molecular weight is 252 g/mol. The Bertz CT molecular complexity index is 524. The van der Waals surface area contributed by atoms with Crippen LogP contribution < -0.4 is 34.7 Å². The van der Waals surface area contributed by atoms with Crippen LogP contribution in [-0.4, -0.2) is 11.0 Å². The molecule has 2 aromatic rings. The molecule has 1 aromatic carbocycles. The Morgan fingerprint density at radius 2 is 1.93 bits per heavy atom. The molecule has 1 aromatic heterocycles. The molecule has 1 N–H and O–H groups in total. The van der Waals surface area contributed by atoms with Crippen LogP contribution in [0.25, 0.3) is 10.9 Å². The maximum absolute atomic E-state index is 10.5. The SMILES string of the molecule is O=C([O-])c1cc2c(Cl)cc(Cl)cc2[nH]1.[Na+]. The predicted octanol–water partition coefficient (Wildman–Crippen LogP) is -1.16. The molecule has 15 heavy (non-hydrogen) atoms. The van der Waals surface area contributed by atoms with Crippen LogP contribution in [0.1, 0.15) is 10.5 Å².